The predicted molar refractivity (Wildman–Crippen MR) is 75.9 cm³/mol. The summed E-state index contributed by atoms with van der Waals surface area (Å²) in [5.41, 5.74) is 1.43. The van der Waals surface area contributed by atoms with Crippen LogP contribution in [0.25, 0.3) is 10.8 Å². The largest absolute Gasteiger partial charge is 0.373 e. The Morgan fingerprint density at radius 2 is 2.22 bits per heavy atom. The molecule has 1 aromatic carbocycles. The molecule has 0 amide bonds. The number of hydrogen-bond donors (Lipinski definition) is 1. The molecule has 2 heterocycles. The number of anilines is 1. The molecule has 3 rings (SSSR count). The third-order valence-electron chi connectivity index (χ3n) is 3.93. The number of hydrogen-bond acceptors (Lipinski definition) is 3. The molecule has 0 radical (unpaired) electrons. The normalized spacial score (nSPS) is 20.4. The van der Waals surface area contributed by atoms with Gasteiger partial charge in [0.25, 0.3) is 0 Å². The summed E-state index contributed by atoms with van der Waals surface area (Å²) in [6.07, 6.45) is 4.44. The smallest absolute Gasteiger partial charge is 0.133 e. The van der Waals surface area contributed by atoms with Gasteiger partial charge in [0.05, 0.1) is 0 Å². The summed E-state index contributed by atoms with van der Waals surface area (Å²) >= 11 is 0. The number of aromatic nitrogens is 1. The van der Waals surface area contributed by atoms with Gasteiger partial charge in [-0.25, -0.2) is 4.98 Å². The van der Waals surface area contributed by atoms with E-state index in [0.717, 1.165) is 5.82 Å². The molecule has 3 heteroatoms. The fourth-order valence-corrected chi connectivity index (χ4v) is 2.93. The molecule has 0 bridgehead atoms. The lowest BCUT2D eigenvalue weighted by Gasteiger charge is -2.20. The second-order valence-corrected chi connectivity index (χ2v) is 5.03. The maximum absolute atomic E-state index is 4.35. The van der Waals surface area contributed by atoms with Crippen LogP contribution in [0.1, 0.15) is 24.4 Å². The van der Waals surface area contributed by atoms with E-state index in [2.05, 4.69) is 46.5 Å². The molecular weight excluding hydrogens is 222 g/mol. The van der Waals surface area contributed by atoms with Crippen molar-refractivity contribution in [3.63, 3.8) is 0 Å². The lowest BCUT2D eigenvalue weighted by molar-refractivity contribution is 0.317. The molecule has 1 saturated heterocycles. The van der Waals surface area contributed by atoms with Crippen LogP contribution in [0.4, 0.5) is 5.82 Å². The van der Waals surface area contributed by atoms with Crippen molar-refractivity contribution in [2.24, 2.45) is 0 Å². The SMILES string of the molecule is CNc1nccc2cc(C3CCCN3C)ccc12. The summed E-state index contributed by atoms with van der Waals surface area (Å²) in [7, 11) is 4.13. The van der Waals surface area contributed by atoms with E-state index in [4.69, 9.17) is 0 Å². The zero-order valence-electron chi connectivity index (χ0n) is 11.0. The van der Waals surface area contributed by atoms with Crippen LogP contribution in [0, 0.1) is 0 Å². The lowest BCUT2D eigenvalue weighted by Crippen LogP contribution is -2.17. The second kappa shape index (κ2) is 4.58. The van der Waals surface area contributed by atoms with Gasteiger partial charge >= 0.3 is 0 Å². The van der Waals surface area contributed by atoms with Gasteiger partial charge in [0.2, 0.25) is 0 Å². The summed E-state index contributed by atoms with van der Waals surface area (Å²) in [5, 5.41) is 5.62. The number of rotatable bonds is 2. The third-order valence-corrected chi connectivity index (χ3v) is 3.93. The molecule has 1 fully saturated rings. The summed E-state index contributed by atoms with van der Waals surface area (Å²) in [6.45, 7) is 1.21. The zero-order valence-corrected chi connectivity index (χ0v) is 11.0. The maximum atomic E-state index is 4.35. The van der Waals surface area contributed by atoms with Crippen LogP contribution in [0.3, 0.4) is 0 Å². The van der Waals surface area contributed by atoms with Gasteiger partial charge in [-0.15, -0.1) is 0 Å². The molecule has 3 nitrogen and oxygen atoms in total. The number of benzene rings is 1. The number of fused-ring (bicyclic) bond motifs is 1. The molecule has 94 valence electrons. The first-order chi connectivity index (χ1) is 8.79. The minimum atomic E-state index is 0.584. The van der Waals surface area contributed by atoms with Crippen molar-refractivity contribution in [3.8, 4) is 0 Å². The quantitative estimate of drug-likeness (QED) is 0.876. The molecule has 1 aromatic heterocycles. The molecule has 1 N–H and O–H groups in total. The Bertz CT molecular complexity index is 565. The van der Waals surface area contributed by atoms with Gasteiger partial charge in [-0.05, 0) is 49.5 Å². The topological polar surface area (TPSA) is 28.2 Å². The van der Waals surface area contributed by atoms with E-state index in [0.29, 0.717) is 6.04 Å². The molecule has 1 unspecified atom stereocenters. The van der Waals surface area contributed by atoms with Crippen LogP contribution < -0.4 is 5.32 Å². The van der Waals surface area contributed by atoms with Gasteiger partial charge < -0.3 is 5.32 Å². The molecule has 18 heavy (non-hydrogen) atoms. The van der Waals surface area contributed by atoms with Gasteiger partial charge in [-0.1, -0.05) is 12.1 Å². The molecule has 1 aliphatic heterocycles. The van der Waals surface area contributed by atoms with Crippen LogP contribution >= 0.6 is 0 Å². The Balaban J connectivity index is 2.06. The first kappa shape index (κ1) is 11.5. The highest BCUT2D eigenvalue weighted by Gasteiger charge is 2.22. The maximum Gasteiger partial charge on any atom is 0.133 e. The molecule has 0 spiro atoms. The number of likely N-dealkylation sites (tertiary alicyclic amines) is 1. The number of nitrogens with zero attached hydrogens (tertiary/aromatic N) is 2. The molecule has 1 atom stereocenters. The van der Waals surface area contributed by atoms with Crippen molar-refractivity contribution < 1.29 is 0 Å². The van der Waals surface area contributed by atoms with Crippen molar-refractivity contribution >= 4 is 16.6 Å². The van der Waals surface area contributed by atoms with E-state index in [1.54, 1.807) is 0 Å². The number of nitrogens with one attached hydrogen (secondary N) is 1. The van der Waals surface area contributed by atoms with E-state index in [1.807, 2.05) is 13.2 Å². The van der Waals surface area contributed by atoms with Crippen molar-refractivity contribution in [2.75, 3.05) is 26.0 Å². The zero-order chi connectivity index (χ0) is 12.5. The summed E-state index contributed by atoms with van der Waals surface area (Å²) in [4.78, 5) is 6.79. The van der Waals surface area contributed by atoms with Gasteiger partial charge in [0.1, 0.15) is 5.82 Å². The highest BCUT2D eigenvalue weighted by atomic mass is 15.1. The Hall–Kier alpha value is -1.61. The summed E-state index contributed by atoms with van der Waals surface area (Å²) in [6, 6.07) is 9.42. The van der Waals surface area contributed by atoms with Crippen LogP contribution in [0.2, 0.25) is 0 Å². The van der Waals surface area contributed by atoms with Crippen LogP contribution in [0.15, 0.2) is 30.5 Å². The van der Waals surface area contributed by atoms with E-state index in [9.17, 15) is 0 Å². The average molecular weight is 241 g/mol. The fraction of sp³-hybridized carbons (Fsp3) is 0.400. The monoisotopic (exact) mass is 241 g/mol. The van der Waals surface area contributed by atoms with Gasteiger partial charge in [-0.3, -0.25) is 4.90 Å². The number of pyridine rings is 1. The highest BCUT2D eigenvalue weighted by Crippen LogP contribution is 2.32. The summed E-state index contributed by atoms with van der Waals surface area (Å²) < 4.78 is 0. The summed E-state index contributed by atoms with van der Waals surface area (Å²) in [5.74, 6) is 0.957. The molecule has 0 saturated carbocycles. The minimum absolute atomic E-state index is 0.584. The highest BCUT2D eigenvalue weighted by molar-refractivity contribution is 5.92. The van der Waals surface area contributed by atoms with Crippen LogP contribution in [0.5, 0.6) is 0 Å². The first-order valence-electron chi connectivity index (χ1n) is 6.56. The van der Waals surface area contributed by atoms with Crippen molar-refractivity contribution in [2.45, 2.75) is 18.9 Å². The van der Waals surface area contributed by atoms with Crippen LogP contribution in [-0.4, -0.2) is 30.5 Å². The van der Waals surface area contributed by atoms with E-state index >= 15 is 0 Å². The van der Waals surface area contributed by atoms with Gasteiger partial charge in [-0.2, -0.15) is 0 Å². The third kappa shape index (κ3) is 1.85. The van der Waals surface area contributed by atoms with Gasteiger partial charge in [0, 0.05) is 24.7 Å². The molecule has 0 aliphatic carbocycles. The van der Waals surface area contributed by atoms with E-state index in [-0.39, 0.29) is 0 Å². The lowest BCUT2D eigenvalue weighted by atomic mass is 10.0. The van der Waals surface area contributed by atoms with Crippen molar-refractivity contribution in [3.05, 3.63) is 36.0 Å². The average Bonchev–Trinajstić information content (AvgIpc) is 2.83. The van der Waals surface area contributed by atoms with Gasteiger partial charge in [0.15, 0.2) is 0 Å². The van der Waals surface area contributed by atoms with E-state index in [1.165, 1.54) is 35.7 Å². The standard InChI is InChI=1S/C15H19N3/c1-16-15-13-6-5-12(10-11(13)7-8-17-15)14-4-3-9-18(14)2/h5-8,10,14H,3-4,9H2,1-2H3,(H,16,17). The van der Waals surface area contributed by atoms with Crippen molar-refractivity contribution in [1.82, 2.24) is 9.88 Å². The Kier molecular flexibility index (Phi) is 2.92. The molecule has 2 aromatic rings. The van der Waals surface area contributed by atoms with Crippen LogP contribution in [-0.2, 0) is 0 Å². The Labute approximate surface area is 108 Å². The van der Waals surface area contributed by atoms with E-state index < -0.39 is 0 Å². The van der Waals surface area contributed by atoms with Crippen molar-refractivity contribution in [1.29, 1.82) is 0 Å². The second-order valence-electron chi connectivity index (χ2n) is 5.03. The molecule has 1 aliphatic rings. The Morgan fingerprint density at radius 3 is 2.94 bits per heavy atom. The molecular formula is C15H19N3. The minimum Gasteiger partial charge on any atom is -0.373 e. The predicted octanol–water partition coefficient (Wildman–Crippen LogP) is 3.04. The fourth-order valence-electron chi connectivity index (χ4n) is 2.93. The Morgan fingerprint density at radius 1 is 1.33 bits per heavy atom. The first-order valence-corrected chi connectivity index (χ1v) is 6.56.